The number of piperidine rings is 1. The molecule has 2 nitrogen and oxygen atoms in total. The summed E-state index contributed by atoms with van der Waals surface area (Å²) in [5.41, 5.74) is 1.08. The van der Waals surface area contributed by atoms with Crippen molar-refractivity contribution in [1.82, 2.24) is 5.32 Å². The lowest BCUT2D eigenvalue weighted by atomic mass is 10.00. The van der Waals surface area contributed by atoms with E-state index in [1.54, 1.807) is 13.1 Å². The van der Waals surface area contributed by atoms with E-state index in [4.69, 9.17) is 0 Å². The van der Waals surface area contributed by atoms with Crippen LogP contribution in [-0.4, -0.2) is 19.6 Å². The van der Waals surface area contributed by atoms with Crippen molar-refractivity contribution in [3.63, 3.8) is 0 Å². The van der Waals surface area contributed by atoms with Gasteiger partial charge >= 0.3 is 6.18 Å². The number of nitrogens with zero attached hydrogens (tertiary/aromatic N) is 1. The van der Waals surface area contributed by atoms with Gasteiger partial charge in [0.15, 0.2) is 0 Å². The van der Waals surface area contributed by atoms with Crippen molar-refractivity contribution in [1.29, 1.82) is 0 Å². The van der Waals surface area contributed by atoms with E-state index in [2.05, 4.69) is 17.1 Å². The van der Waals surface area contributed by atoms with Gasteiger partial charge in [0.05, 0.1) is 5.56 Å². The number of anilines is 1. The second-order valence-corrected chi connectivity index (χ2v) is 5.41. The Morgan fingerprint density at radius 1 is 1.30 bits per heavy atom. The summed E-state index contributed by atoms with van der Waals surface area (Å²) in [7, 11) is 1.75. The Kier molecular flexibility index (Phi) is 4.58. The highest BCUT2D eigenvalue weighted by atomic mass is 19.4. The van der Waals surface area contributed by atoms with Crippen LogP contribution < -0.4 is 10.2 Å². The summed E-state index contributed by atoms with van der Waals surface area (Å²) in [5, 5.41) is 2.96. The fraction of sp³-hybridized carbons (Fsp3) is 0.600. The molecular weight excluding hydrogens is 265 g/mol. The third-order valence-corrected chi connectivity index (χ3v) is 3.89. The first-order valence-electron chi connectivity index (χ1n) is 7.05. The Balaban J connectivity index is 2.36. The predicted octanol–water partition coefficient (Wildman–Crippen LogP) is 3.80. The minimum Gasteiger partial charge on any atom is -0.369 e. The molecule has 1 unspecified atom stereocenters. The van der Waals surface area contributed by atoms with E-state index >= 15 is 0 Å². The van der Waals surface area contributed by atoms with Crippen LogP contribution >= 0.6 is 0 Å². The van der Waals surface area contributed by atoms with E-state index in [1.807, 2.05) is 0 Å². The van der Waals surface area contributed by atoms with Crippen LogP contribution in [0, 0.1) is 0 Å². The topological polar surface area (TPSA) is 15.3 Å². The van der Waals surface area contributed by atoms with Crippen LogP contribution in [0.15, 0.2) is 18.2 Å². The lowest BCUT2D eigenvalue weighted by molar-refractivity contribution is -0.137. The lowest BCUT2D eigenvalue weighted by Crippen LogP contribution is -2.38. The summed E-state index contributed by atoms with van der Waals surface area (Å²) in [6, 6.07) is 4.47. The molecule has 1 saturated heterocycles. The van der Waals surface area contributed by atoms with E-state index < -0.39 is 11.7 Å². The summed E-state index contributed by atoms with van der Waals surface area (Å²) in [5.74, 6) is 0. The van der Waals surface area contributed by atoms with Gasteiger partial charge in [0.2, 0.25) is 0 Å². The zero-order valence-corrected chi connectivity index (χ0v) is 11.9. The Morgan fingerprint density at radius 2 is 2.05 bits per heavy atom. The van der Waals surface area contributed by atoms with E-state index in [9.17, 15) is 13.2 Å². The van der Waals surface area contributed by atoms with Crippen LogP contribution in [0.1, 0.15) is 37.3 Å². The monoisotopic (exact) mass is 286 g/mol. The average molecular weight is 286 g/mol. The lowest BCUT2D eigenvalue weighted by Gasteiger charge is -2.37. The number of rotatable bonds is 3. The first kappa shape index (κ1) is 15.2. The fourth-order valence-electron chi connectivity index (χ4n) is 2.83. The molecule has 2 rings (SSSR count). The third-order valence-electron chi connectivity index (χ3n) is 3.89. The van der Waals surface area contributed by atoms with Gasteiger partial charge in [-0.1, -0.05) is 0 Å². The number of benzene rings is 1. The molecule has 1 aromatic rings. The second-order valence-electron chi connectivity index (χ2n) is 5.41. The van der Waals surface area contributed by atoms with E-state index in [-0.39, 0.29) is 0 Å². The zero-order chi connectivity index (χ0) is 14.8. The van der Waals surface area contributed by atoms with Gasteiger partial charge in [0.25, 0.3) is 0 Å². The highest BCUT2D eigenvalue weighted by Crippen LogP contribution is 2.34. The zero-order valence-electron chi connectivity index (χ0n) is 11.9. The molecule has 1 atom stereocenters. The van der Waals surface area contributed by atoms with E-state index in [1.165, 1.54) is 18.6 Å². The van der Waals surface area contributed by atoms with E-state index in [0.29, 0.717) is 12.6 Å². The van der Waals surface area contributed by atoms with Crippen LogP contribution in [0.25, 0.3) is 0 Å². The van der Waals surface area contributed by atoms with Gasteiger partial charge in [-0.25, -0.2) is 0 Å². The predicted molar refractivity (Wildman–Crippen MR) is 74.9 cm³/mol. The molecule has 20 heavy (non-hydrogen) atoms. The molecule has 1 fully saturated rings. The Bertz CT molecular complexity index is 457. The first-order chi connectivity index (χ1) is 9.43. The second kappa shape index (κ2) is 6.04. The van der Waals surface area contributed by atoms with Crippen molar-refractivity contribution in [3.8, 4) is 0 Å². The molecule has 112 valence electrons. The van der Waals surface area contributed by atoms with Crippen LogP contribution in [0.5, 0.6) is 0 Å². The van der Waals surface area contributed by atoms with Gasteiger partial charge in [-0.2, -0.15) is 13.2 Å². The molecule has 0 radical (unpaired) electrons. The Labute approximate surface area is 118 Å². The first-order valence-corrected chi connectivity index (χ1v) is 7.05. The Morgan fingerprint density at radius 3 is 2.65 bits per heavy atom. The minimum absolute atomic E-state index is 0.385. The summed E-state index contributed by atoms with van der Waals surface area (Å²) in [4.78, 5) is 2.23. The van der Waals surface area contributed by atoms with Crippen LogP contribution in [0.4, 0.5) is 18.9 Å². The van der Waals surface area contributed by atoms with Crippen LogP contribution in [-0.2, 0) is 12.7 Å². The van der Waals surface area contributed by atoms with Gasteiger partial charge in [0, 0.05) is 24.8 Å². The normalized spacial score (nSPS) is 20.2. The molecule has 1 aliphatic rings. The summed E-state index contributed by atoms with van der Waals surface area (Å²) < 4.78 is 38.5. The van der Waals surface area contributed by atoms with Gasteiger partial charge in [0.1, 0.15) is 0 Å². The van der Waals surface area contributed by atoms with Gasteiger partial charge in [-0.15, -0.1) is 0 Å². The standard InChI is InChI=1S/C15H21F3N2/c1-11-5-3-4-8-20(11)14-7-6-13(15(16,17)18)9-12(14)10-19-2/h6-7,9,11,19H,3-5,8,10H2,1-2H3. The smallest absolute Gasteiger partial charge is 0.369 e. The SMILES string of the molecule is CNCc1cc(C(F)(F)F)ccc1N1CCCCC1C. The summed E-state index contributed by atoms with van der Waals surface area (Å²) in [6.07, 6.45) is -0.890. The van der Waals surface area contributed by atoms with Crippen LogP contribution in [0.3, 0.4) is 0 Å². The maximum absolute atomic E-state index is 12.8. The third kappa shape index (κ3) is 3.26. The molecule has 1 aromatic carbocycles. The van der Waals surface area contributed by atoms with Gasteiger partial charge in [-0.3, -0.25) is 0 Å². The fourth-order valence-corrected chi connectivity index (χ4v) is 2.83. The van der Waals surface area contributed by atoms with Crippen molar-refractivity contribution in [2.45, 2.75) is 44.9 Å². The number of hydrogen-bond donors (Lipinski definition) is 1. The molecule has 0 bridgehead atoms. The van der Waals surface area contributed by atoms with Crippen molar-refractivity contribution in [2.24, 2.45) is 0 Å². The molecule has 1 aliphatic heterocycles. The van der Waals surface area contributed by atoms with Crippen molar-refractivity contribution in [2.75, 3.05) is 18.5 Å². The quantitative estimate of drug-likeness (QED) is 0.909. The maximum atomic E-state index is 12.8. The molecule has 0 amide bonds. The molecular formula is C15H21F3N2. The van der Waals surface area contributed by atoms with Crippen LogP contribution in [0.2, 0.25) is 0 Å². The van der Waals surface area contributed by atoms with Gasteiger partial charge < -0.3 is 10.2 Å². The highest BCUT2D eigenvalue weighted by molar-refractivity contribution is 5.56. The molecule has 0 saturated carbocycles. The van der Waals surface area contributed by atoms with Crippen molar-refractivity contribution >= 4 is 5.69 Å². The molecule has 1 heterocycles. The molecule has 0 aliphatic carbocycles. The average Bonchev–Trinajstić information content (AvgIpc) is 2.39. The van der Waals surface area contributed by atoms with E-state index in [0.717, 1.165) is 30.6 Å². The summed E-state index contributed by atoms with van der Waals surface area (Å²) >= 11 is 0. The van der Waals surface area contributed by atoms with Gasteiger partial charge in [-0.05, 0) is 57.0 Å². The largest absolute Gasteiger partial charge is 0.416 e. The summed E-state index contributed by atoms with van der Waals surface area (Å²) in [6.45, 7) is 3.51. The number of hydrogen-bond acceptors (Lipinski definition) is 2. The minimum atomic E-state index is -4.28. The molecule has 5 heteroatoms. The molecule has 0 spiro atoms. The number of alkyl halides is 3. The molecule has 0 aromatic heterocycles. The van der Waals surface area contributed by atoms with Crippen molar-refractivity contribution in [3.05, 3.63) is 29.3 Å². The number of nitrogens with one attached hydrogen (secondary N) is 1. The number of halogens is 3. The maximum Gasteiger partial charge on any atom is 0.416 e. The Hall–Kier alpha value is -1.23. The highest BCUT2D eigenvalue weighted by Gasteiger charge is 2.31. The molecule has 1 N–H and O–H groups in total. The van der Waals surface area contributed by atoms with Crippen molar-refractivity contribution < 1.29 is 13.2 Å².